The van der Waals surface area contributed by atoms with Crippen LogP contribution in [0.15, 0.2) is 34.3 Å². The molecule has 2 N–H and O–H groups in total. The number of amides is 1. The summed E-state index contributed by atoms with van der Waals surface area (Å²) in [6.07, 6.45) is -0.324. The van der Waals surface area contributed by atoms with Gasteiger partial charge in [0.1, 0.15) is 0 Å². The molecule has 8 nitrogen and oxygen atoms in total. The van der Waals surface area contributed by atoms with Gasteiger partial charge in [-0.3, -0.25) is 9.35 Å². The van der Waals surface area contributed by atoms with Crippen molar-refractivity contribution in [1.82, 2.24) is 0 Å². The van der Waals surface area contributed by atoms with Crippen LogP contribution < -0.4 is 5.01 Å². The predicted molar refractivity (Wildman–Crippen MR) is 69.2 cm³/mol. The van der Waals surface area contributed by atoms with Crippen LogP contribution in [-0.2, 0) is 19.7 Å². The number of carbonyl (C=O) groups excluding carboxylic acids is 1. The molecule has 0 aliphatic carbocycles. The van der Waals surface area contributed by atoms with Gasteiger partial charge in [-0.25, -0.2) is 4.79 Å². The minimum absolute atomic E-state index is 0. The molecule has 2 rings (SSSR count). The zero-order chi connectivity index (χ0) is 14.2. The Morgan fingerprint density at radius 3 is 2.20 bits per heavy atom. The van der Waals surface area contributed by atoms with Crippen LogP contribution in [0, 0.1) is 0 Å². The Bertz CT molecular complexity index is 682. The first-order valence-corrected chi connectivity index (χ1v) is 6.44. The predicted octanol–water partition coefficient (Wildman–Crippen LogP) is -0.270. The van der Waals surface area contributed by atoms with Crippen molar-refractivity contribution in [1.29, 1.82) is 0 Å². The molecule has 0 atom stereocenters. The van der Waals surface area contributed by atoms with E-state index in [9.17, 15) is 18.0 Å². The number of carboxylic acids is 1. The molecule has 10 heteroatoms. The summed E-state index contributed by atoms with van der Waals surface area (Å²) in [5.41, 5.74) is -0.0718. The fourth-order valence-corrected chi connectivity index (χ4v) is 1.99. The van der Waals surface area contributed by atoms with Gasteiger partial charge in [0, 0.05) is 27.3 Å². The average molecular weight is 491 g/mol. The van der Waals surface area contributed by atoms with Gasteiger partial charge in [0.15, 0.2) is 5.71 Å². The third-order valence-electron chi connectivity index (χ3n) is 2.40. The van der Waals surface area contributed by atoms with Crippen molar-refractivity contribution in [2.75, 3.05) is 5.01 Å². The molecule has 1 amide bonds. The summed E-state index contributed by atoms with van der Waals surface area (Å²) in [7, 11) is -4.31. The van der Waals surface area contributed by atoms with E-state index in [1.807, 2.05) is 0 Å². The zero-order valence-corrected chi connectivity index (χ0v) is 14.6. The first-order chi connectivity index (χ1) is 8.79. The number of hydrogen-bond acceptors (Lipinski definition) is 5. The van der Waals surface area contributed by atoms with Crippen LogP contribution >= 0.6 is 0 Å². The van der Waals surface area contributed by atoms with Crippen molar-refractivity contribution >= 4 is 60.7 Å². The van der Waals surface area contributed by atoms with Crippen molar-refractivity contribution in [3.05, 3.63) is 24.3 Å². The van der Waals surface area contributed by atoms with E-state index >= 15 is 0 Å². The number of anilines is 1. The molecule has 0 saturated carbocycles. The fraction of sp³-hybridized carbons (Fsp3) is 0.100. The molecule has 1 aromatic carbocycles. The number of aliphatic carboxylic acids is 1. The molecule has 0 bridgehead atoms. The maximum Gasteiger partial charge on any atom is 0.352 e. The SMILES string of the molecule is O=C(O)C1=NN(c2ccc(S(=O)(=O)O)cc2)C(=O)C1.[Pb]. The summed E-state index contributed by atoms with van der Waals surface area (Å²) in [6, 6.07) is 4.67. The molecular formula is C10H8N2O6PbS. The Morgan fingerprint density at radius 2 is 1.80 bits per heavy atom. The van der Waals surface area contributed by atoms with Crippen LogP contribution in [0.3, 0.4) is 0 Å². The van der Waals surface area contributed by atoms with Crippen LogP contribution in [0.5, 0.6) is 0 Å². The van der Waals surface area contributed by atoms with Crippen molar-refractivity contribution in [2.24, 2.45) is 5.10 Å². The second-order valence-electron chi connectivity index (χ2n) is 3.70. The summed E-state index contributed by atoms with van der Waals surface area (Å²) in [5.74, 6) is -1.82. The van der Waals surface area contributed by atoms with E-state index in [0.29, 0.717) is 0 Å². The van der Waals surface area contributed by atoms with Crippen molar-refractivity contribution < 1.29 is 27.7 Å². The molecule has 1 aliphatic rings. The Hall–Kier alpha value is -1.34. The van der Waals surface area contributed by atoms with E-state index < -0.39 is 22.0 Å². The van der Waals surface area contributed by atoms with Gasteiger partial charge in [-0.1, -0.05) is 0 Å². The molecule has 0 aromatic heterocycles. The summed E-state index contributed by atoms with van der Waals surface area (Å²) in [5, 5.41) is 13.2. The van der Waals surface area contributed by atoms with Crippen LogP contribution in [0.4, 0.5) is 5.69 Å². The maximum atomic E-state index is 11.6. The molecular weight excluding hydrogens is 483 g/mol. The Labute approximate surface area is 134 Å². The molecule has 20 heavy (non-hydrogen) atoms. The molecule has 1 aliphatic heterocycles. The van der Waals surface area contributed by atoms with Gasteiger partial charge in [-0.05, 0) is 24.3 Å². The molecule has 0 fully saturated rings. The molecule has 104 valence electrons. The van der Waals surface area contributed by atoms with Crippen molar-refractivity contribution in [3.63, 3.8) is 0 Å². The van der Waals surface area contributed by atoms with E-state index in [1.165, 1.54) is 12.1 Å². The second-order valence-corrected chi connectivity index (χ2v) is 5.12. The first-order valence-electron chi connectivity index (χ1n) is 5.00. The molecule has 1 heterocycles. The Kier molecular flexibility index (Phi) is 4.99. The molecule has 0 unspecified atom stereocenters. The van der Waals surface area contributed by atoms with Gasteiger partial charge in [0.25, 0.3) is 16.0 Å². The molecule has 1 aromatic rings. The largest absolute Gasteiger partial charge is 0.477 e. The summed E-state index contributed by atoms with van der Waals surface area (Å²) < 4.78 is 30.5. The monoisotopic (exact) mass is 492 g/mol. The van der Waals surface area contributed by atoms with Gasteiger partial charge in [-0.2, -0.15) is 18.5 Å². The standard InChI is InChI=1S/C10H8N2O6S.Pb/c13-9-5-8(10(14)15)11-12(9)6-1-3-7(4-2-6)19(16,17)18;/h1-4H,5H2,(H,14,15)(H,16,17,18);. The van der Waals surface area contributed by atoms with Crippen LogP contribution in [0.2, 0.25) is 0 Å². The number of rotatable bonds is 3. The summed E-state index contributed by atoms with van der Waals surface area (Å²) >= 11 is 0. The van der Waals surface area contributed by atoms with Gasteiger partial charge in [0.2, 0.25) is 0 Å². The van der Waals surface area contributed by atoms with Crippen LogP contribution in [0.1, 0.15) is 6.42 Å². The van der Waals surface area contributed by atoms with Crippen molar-refractivity contribution in [2.45, 2.75) is 11.3 Å². The number of hydrogen-bond donors (Lipinski definition) is 2. The number of carbonyl (C=O) groups is 2. The second kappa shape index (κ2) is 5.97. The minimum atomic E-state index is -4.31. The van der Waals surface area contributed by atoms with Crippen LogP contribution in [-0.4, -0.2) is 63.0 Å². The minimum Gasteiger partial charge on any atom is -0.477 e. The Balaban J connectivity index is 0.00000200. The molecule has 4 radical (unpaired) electrons. The van der Waals surface area contributed by atoms with Crippen LogP contribution in [0.25, 0.3) is 0 Å². The van der Waals surface area contributed by atoms with Gasteiger partial charge in [-0.15, -0.1) is 0 Å². The average Bonchev–Trinajstić information content (AvgIpc) is 2.70. The first kappa shape index (κ1) is 16.7. The summed E-state index contributed by atoms with van der Waals surface area (Å²) in [4.78, 5) is 21.9. The maximum absolute atomic E-state index is 11.6. The van der Waals surface area contributed by atoms with E-state index in [1.54, 1.807) is 0 Å². The summed E-state index contributed by atoms with van der Waals surface area (Å²) in [6.45, 7) is 0. The number of nitrogens with zero attached hydrogens (tertiary/aromatic N) is 2. The van der Waals surface area contributed by atoms with E-state index in [4.69, 9.17) is 9.66 Å². The third kappa shape index (κ3) is 3.40. The zero-order valence-electron chi connectivity index (χ0n) is 9.85. The van der Waals surface area contributed by atoms with Crippen molar-refractivity contribution in [3.8, 4) is 0 Å². The molecule has 0 saturated heterocycles. The number of benzene rings is 1. The third-order valence-corrected chi connectivity index (χ3v) is 3.27. The van der Waals surface area contributed by atoms with Gasteiger partial charge < -0.3 is 5.11 Å². The quantitative estimate of drug-likeness (QED) is 0.443. The Morgan fingerprint density at radius 1 is 1.25 bits per heavy atom. The number of hydrazone groups is 1. The van der Waals surface area contributed by atoms with Gasteiger partial charge >= 0.3 is 5.97 Å². The van der Waals surface area contributed by atoms with Gasteiger partial charge in [0.05, 0.1) is 17.0 Å². The van der Waals surface area contributed by atoms with E-state index in [-0.39, 0.29) is 50.0 Å². The smallest absolute Gasteiger partial charge is 0.352 e. The van der Waals surface area contributed by atoms with E-state index in [0.717, 1.165) is 17.1 Å². The van der Waals surface area contributed by atoms with E-state index in [2.05, 4.69) is 5.10 Å². The fourth-order valence-electron chi connectivity index (χ4n) is 1.51. The normalized spacial score (nSPS) is 14.8. The number of carboxylic acid groups (broad SMARTS) is 1. The molecule has 0 spiro atoms. The topological polar surface area (TPSA) is 124 Å².